The van der Waals surface area contributed by atoms with Crippen molar-refractivity contribution in [2.24, 2.45) is 5.92 Å². The Kier molecular flexibility index (Phi) is 7.73. The number of nitrogens with zero attached hydrogens (tertiary/aromatic N) is 3. The van der Waals surface area contributed by atoms with E-state index in [4.69, 9.17) is 9.26 Å². The van der Waals surface area contributed by atoms with E-state index in [-0.39, 0.29) is 22.5 Å². The molecule has 0 N–H and O–H groups in total. The summed E-state index contributed by atoms with van der Waals surface area (Å²) in [7, 11) is -2.22. The van der Waals surface area contributed by atoms with Crippen molar-refractivity contribution in [3.63, 3.8) is 0 Å². The van der Waals surface area contributed by atoms with Gasteiger partial charge in [0, 0.05) is 37.7 Å². The van der Waals surface area contributed by atoms with Gasteiger partial charge >= 0.3 is 0 Å². The highest BCUT2D eigenvalue weighted by Crippen LogP contribution is 2.30. The van der Waals surface area contributed by atoms with Gasteiger partial charge in [-0.25, -0.2) is 8.42 Å². The first kappa shape index (κ1) is 24.5. The van der Waals surface area contributed by atoms with Gasteiger partial charge in [0.2, 0.25) is 15.9 Å². The molecule has 1 aromatic heterocycles. The molecule has 0 aliphatic carbocycles. The molecular formula is C25H33N3O5S. The van der Waals surface area contributed by atoms with Gasteiger partial charge in [-0.05, 0) is 50.8 Å². The summed E-state index contributed by atoms with van der Waals surface area (Å²) in [5.74, 6) is 0.931. The molecule has 1 amide bonds. The van der Waals surface area contributed by atoms with E-state index in [0.717, 1.165) is 31.5 Å². The molecule has 1 aromatic carbocycles. The van der Waals surface area contributed by atoms with Gasteiger partial charge in [-0.15, -0.1) is 0 Å². The number of piperidine rings is 1. The maximum atomic E-state index is 13.5. The van der Waals surface area contributed by atoms with Crippen LogP contribution < -0.4 is 4.74 Å². The smallest absolute Gasteiger partial charge is 0.248 e. The molecule has 2 aliphatic heterocycles. The average molecular weight is 488 g/mol. The van der Waals surface area contributed by atoms with Gasteiger partial charge in [-0.3, -0.25) is 4.79 Å². The Balaban J connectivity index is 1.47. The molecule has 0 spiro atoms. The standard InChI is InChI=1S/C25H33N3O5S/c1-19-24(23(33-26-19)12-11-20-9-5-6-10-22(20)32-2)34(30,31)28-17-13-21(14-18-28)25(29)27-15-7-3-4-8-16-27/h5-6,9-12,21H,3-4,7-8,13-18H2,1-2H3/b12-11+. The summed E-state index contributed by atoms with van der Waals surface area (Å²) in [6.45, 7) is 3.89. The SMILES string of the molecule is COc1ccccc1/C=C/c1onc(C)c1S(=O)(=O)N1CCC(C(=O)N2CCCCCC2)CC1. The van der Waals surface area contributed by atoms with E-state index in [1.165, 1.54) is 17.1 Å². The van der Waals surface area contributed by atoms with E-state index >= 15 is 0 Å². The number of carbonyl (C=O) groups is 1. The fraction of sp³-hybridized carbons (Fsp3) is 0.520. The summed E-state index contributed by atoms with van der Waals surface area (Å²) in [6.07, 6.45) is 8.88. The minimum atomic E-state index is -3.81. The Morgan fingerprint density at radius 1 is 1.06 bits per heavy atom. The summed E-state index contributed by atoms with van der Waals surface area (Å²) in [5, 5.41) is 3.92. The second-order valence-electron chi connectivity index (χ2n) is 8.95. The Labute approximate surface area is 201 Å². The van der Waals surface area contributed by atoms with Crippen molar-refractivity contribution in [2.75, 3.05) is 33.3 Å². The number of ether oxygens (including phenoxy) is 1. The zero-order valence-electron chi connectivity index (χ0n) is 19.9. The van der Waals surface area contributed by atoms with Crippen molar-refractivity contribution in [3.05, 3.63) is 41.3 Å². The van der Waals surface area contributed by atoms with Crippen LogP contribution in [0.1, 0.15) is 55.5 Å². The molecular weight excluding hydrogens is 454 g/mol. The lowest BCUT2D eigenvalue weighted by atomic mass is 9.96. The van der Waals surface area contributed by atoms with Gasteiger partial charge in [0.15, 0.2) is 10.7 Å². The van der Waals surface area contributed by atoms with Crippen LogP contribution in [-0.2, 0) is 14.8 Å². The summed E-state index contributed by atoms with van der Waals surface area (Å²) in [6, 6.07) is 7.45. The maximum absolute atomic E-state index is 13.5. The molecule has 2 aromatic rings. The largest absolute Gasteiger partial charge is 0.496 e. The van der Waals surface area contributed by atoms with Crippen molar-refractivity contribution in [1.29, 1.82) is 0 Å². The van der Waals surface area contributed by atoms with E-state index in [0.29, 0.717) is 37.4 Å². The highest BCUT2D eigenvalue weighted by atomic mass is 32.2. The first-order chi connectivity index (χ1) is 16.4. The first-order valence-electron chi connectivity index (χ1n) is 12.0. The molecule has 0 saturated carbocycles. The topological polar surface area (TPSA) is 93.0 Å². The number of rotatable bonds is 6. The zero-order chi connectivity index (χ0) is 24.1. The molecule has 0 unspecified atom stereocenters. The van der Waals surface area contributed by atoms with E-state index in [2.05, 4.69) is 5.16 Å². The Morgan fingerprint density at radius 3 is 2.41 bits per heavy atom. The van der Waals surface area contributed by atoms with Crippen LogP contribution in [0, 0.1) is 12.8 Å². The van der Waals surface area contributed by atoms with Gasteiger partial charge in [0.25, 0.3) is 0 Å². The highest BCUT2D eigenvalue weighted by Gasteiger charge is 2.37. The molecule has 0 atom stereocenters. The highest BCUT2D eigenvalue weighted by molar-refractivity contribution is 7.89. The molecule has 0 bridgehead atoms. The molecule has 2 aliphatic rings. The van der Waals surface area contributed by atoms with Gasteiger partial charge in [0.05, 0.1) is 7.11 Å². The monoisotopic (exact) mass is 487 g/mol. The minimum absolute atomic E-state index is 0.0796. The van der Waals surface area contributed by atoms with Crippen molar-refractivity contribution >= 4 is 28.1 Å². The fourth-order valence-corrected chi connectivity index (χ4v) is 6.51. The lowest BCUT2D eigenvalue weighted by Gasteiger charge is -2.33. The van der Waals surface area contributed by atoms with Crippen molar-refractivity contribution in [3.8, 4) is 5.75 Å². The number of likely N-dealkylation sites (tertiary alicyclic amines) is 1. The summed E-state index contributed by atoms with van der Waals surface area (Å²) in [4.78, 5) is 15.0. The van der Waals surface area contributed by atoms with Gasteiger partial charge in [0.1, 0.15) is 11.4 Å². The molecule has 34 heavy (non-hydrogen) atoms. The summed E-state index contributed by atoms with van der Waals surface area (Å²) < 4.78 is 39.2. The van der Waals surface area contributed by atoms with Crippen LogP contribution in [0.4, 0.5) is 0 Å². The van der Waals surface area contributed by atoms with Gasteiger partial charge < -0.3 is 14.2 Å². The lowest BCUT2D eigenvalue weighted by Crippen LogP contribution is -2.44. The molecule has 184 valence electrons. The van der Waals surface area contributed by atoms with Crippen molar-refractivity contribution < 1.29 is 22.5 Å². The number of para-hydroxylation sites is 1. The molecule has 9 heteroatoms. The maximum Gasteiger partial charge on any atom is 0.248 e. The minimum Gasteiger partial charge on any atom is -0.496 e. The van der Waals surface area contributed by atoms with Crippen LogP contribution in [0.5, 0.6) is 5.75 Å². The number of hydrogen-bond donors (Lipinski definition) is 0. The Morgan fingerprint density at radius 2 is 1.74 bits per heavy atom. The molecule has 4 rings (SSSR count). The van der Waals surface area contributed by atoms with E-state index in [1.807, 2.05) is 29.2 Å². The summed E-state index contributed by atoms with van der Waals surface area (Å²) >= 11 is 0. The predicted molar refractivity (Wildman–Crippen MR) is 130 cm³/mol. The number of aromatic nitrogens is 1. The molecule has 2 saturated heterocycles. The van der Waals surface area contributed by atoms with Crippen LogP contribution in [0.2, 0.25) is 0 Å². The third-order valence-electron chi connectivity index (χ3n) is 6.71. The number of amides is 1. The number of carbonyl (C=O) groups excluding carboxylic acids is 1. The quantitative estimate of drug-likeness (QED) is 0.612. The van der Waals surface area contributed by atoms with Crippen LogP contribution >= 0.6 is 0 Å². The van der Waals surface area contributed by atoms with E-state index in [9.17, 15) is 13.2 Å². The average Bonchev–Trinajstić information content (AvgIpc) is 3.05. The number of benzene rings is 1. The van der Waals surface area contributed by atoms with Crippen LogP contribution in [0.15, 0.2) is 33.7 Å². The summed E-state index contributed by atoms with van der Waals surface area (Å²) in [5.41, 5.74) is 1.12. The van der Waals surface area contributed by atoms with E-state index in [1.54, 1.807) is 26.2 Å². The fourth-order valence-electron chi connectivity index (χ4n) is 4.79. The van der Waals surface area contributed by atoms with Crippen molar-refractivity contribution in [2.45, 2.75) is 50.3 Å². The number of methoxy groups -OCH3 is 1. The van der Waals surface area contributed by atoms with Gasteiger partial charge in [-0.2, -0.15) is 4.31 Å². The van der Waals surface area contributed by atoms with Crippen LogP contribution in [0.25, 0.3) is 12.2 Å². The lowest BCUT2D eigenvalue weighted by molar-refractivity contribution is -0.136. The first-order valence-corrected chi connectivity index (χ1v) is 13.4. The normalized spacial score (nSPS) is 18.8. The van der Waals surface area contributed by atoms with Crippen molar-refractivity contribution in [1.82, 2.24) is 14.4 Å². The van der Waals surface area contributed by atoms with E-state index < -0.39 is 10.0 Å². The zero-order valence-corrected chi connectivity index (χ0v) is 20.7. The molecule has 2 fully saturated rings. The van der Waals surface area contributed by atoms with Gasteiger partial charge in [-0.1, -0.05) is 36.2 Å². The third kappa shape index (κ3) is 5.20. The third-order valence-corrected chi connectivity index (χ3v) is 8.76. The Bertz CT molecular complexity index is 1130. The Hall–Kier alpha value is -2.65. The molecule has 0 radical (unpaired) electrons. The number of hydrogen-bond acceptors (Lipinski definition) is 6. The number of aryl methyl sites for hydroxylation is 1. The second kappa shape index (κ2) is 10.7. The predicted octanol–water partition coefficient (Wildman–Crippen LogP) is 3.97. The van der Waals surface area contributed by atoms with Crippen LogP contribution in [-0.4, -0.2) is 62.0 Å². The molecule has 3 heterocycles. The molecule has 8 nitrogen and oxygen atoms in total. The van der Waals surface area contributed by atoms with Crippen LogP contribution in [0.3, 0.4) is 0 Å². The second-order valence-corrected chi connectivity index (χ2v) is 10.8. The number of sulfonamides is 1.